The van der Waals surface area contributed by atoms with E-state index in [0.717, 1.165) is 19.5 Å². The first-order valence-corrected chi connectivity index (χ1v) is 8.67. The molecular formula is C17H25N5O2. The van der Waals surface area contributed by atoms with Crippen LogP contribution in [-0.2, 0) is 4.79 Å². The molecule has 24 heavy (non-hydrogen) atoms. The number of hydrogen-bond donors (Lipinski definition) is 0. The van der Waals surface area contributed by atoms with Crippen molar-refractivity contribution in [3.05, 3.63) is 18.0 Å². The van der Waals surface area contributed by atoms with Gasteiger partial charge < -0.3 is 14.7 Å². The number of rotatable bonds is 2. The summed E-state index contributed by atoms with van der Waals surface area (Å²) in [5.74, 6) is 1.26. The molecule has 3 rings (SSSR count). The zero-order valence-electron chi connectivity index (χ0n) is 14.4. The maximum atomic E-state index is 12.7. The second-order valence-corrected chi connectivity index (χ2v) is 6.73. The molecule has 2 aliphatic rings. The molecule has 7 nitrogen and oxygen atoms in total. The van der Waals surface area contributed by atoms with E-state index < -0.39 is 0 Å². The third-order valence-corrected chi connectivity index (χ3v) is 4.81. The van der Waals surface area contributed by atoms with Gasteiger partial charge in [0.05, 0.1) is 0 Å². The van der Waals surface area contributed by atoms with Crippen molar-refractivity contribution in [1.82, 2.24) is 19.8 Å². The van der Waals surface area contributed by atoms with Crippen LogP contribution in [-0.4, -0.2) is 70.9 Å². The second kappa shape index (κ2) is 7.15. The maximum absolute atomic E-state index is 12.7. The van der Waals surface area contributed by atoms with Gasteiger partial charge in [-0.1, -0.05) is 6.92 Å². The van der Waals surface area contributed by atoms with Gasteiger partial charge in [0.25, 0.3) is 5.91 Å². The van der Waals surface area contributed by atoms with E-state index in [4.69, 9.17) is 0 Å². The molecule has 1 unspecified atom stereocenters. The second-order valence-electron chi connectivity index (χ2n) is 6.73. The maximum Gasteiger partial charge on any atom is 0.272 e. The minimum Gasteiger partial charge on any atom is -0.341 e. The first-order chi connectivity index (χ1) is 11.5. The molecule has 0 saturated carbocycles. The SMILES string of the molecule is CC(=O)N1CCN(C(=O)c2ccnc(N3CCCC(C)C3)n2)CC1. The lowest BCUT2D eigenvalue weighted by Gasteiger charge is -2.34. The smallest absolute Gasteiger partial charge is 0.272 e. The Morgan fingerprint density at radius 3 is 2.50 bits per heavy atom. The highest BCUT2D eigenvalue weighted by molar-refractivity contribution is 5.92. The number of piperazine rings is 1. The van der Waals surface area contributed by atoms with Crippen LogP contribution < -0.4 is 4.90 Å². The Balaban J connectivity index is 1.67. The monoisotopic (exact) mass is 331 g/mol. The van der Waals surface area contributed by atoms with E-state index in [2.05, 4.69) is 21.8 Å². The normalized spacial score (nSPS) is 21.8. The van der Waals surface area contributed by atoms with Crippen molar-refractivity contribution in [3.8, 4) is 0 Å². The average Bonchev–Trinajstić information content (AvgIpc) is 2.61. The van der Waals surface area contributed by atoms with E-state index in [-0.39, 0.29) is 11.8 Å². The first kappa shape index (κ1) is 16.7. The van der Waals surface area contributed by atoms with E-state index in [1.165, 1.54) is 6.42 Å². The van der Waals surface area contributed by atoms with Gasteiger partial charge in [-0.15, -0.1) is 0 Å². The van der Waals surface area contributed by atoms with Gasteiger partial charge in [0.2, 0.25) is 11.9 Å². The highest BCUT2D eigenvalue weighted by Crippen LogP contribution is 2.20. The van der Waals surface area contributed by atoms with Gasteiger partial charge in [-0.05, 0) is 24.8 Å². The van der Waals surface area contributed by atoms with Crippen molar-refractivity contribution < 1.29 is 9.59 Å². The van der Waals surface area contributed by atoms with E-state index >= 15 is 0 Å². The lowest BCUT2D eigenvalue weighted by atomic mass is 10.0. The Morgan fingerprint density at radius 1 is 1.12 bits per heavy atom. The number of nitrogens with zero attached hydrogens (tertiary/aromatic N) is 5. The predicted molar refractivity (Wildman–Crippen MR) is 90.8 cm³/mol. The van der Waals surface area contributed by atoms with E-state index in [9.17, 15) is 9.59 Å². The molecule has 2 fully saturated rings. The van der Waals surface area contributed by atoms with Crippen LogP contribution in [0.4, 0.5) is 5.95 Å². The Kier molecular flexibility index (Phi) is 4.97. The minimum absolute atomic E-state index is 0.0608. The van der Waals surface area contributed by atoms with Crippen molar-refractivity contribution >= 4 is 17.8 Å². The third kappa shape index (κ3) is 3.66. The minimum atomic E-state index is -0.0769. The van der Waals surface area contributed by atoms with Crippen LogP contribution in [0.5, 0.6) is 0 Å². The number of anilines is 1. The Morgan fingerprint density at radius 2 is 1.83 bits per heavy atom. The van der Waals surface area contributed by atoms with Crippen LogP contribution in [0.3, 0.4) is 0 Å². The van der Waals surface area contributed by atoms with Gasteiger partial charge in [-0.25, -0.2) is 9.97 Å². The molecule has 0 aromatic carbocycles. The summed E-state index contributed by atoms with van der Waals surface area (Å²) in [5, 5.41) is 0. The number of carbonyl (C=O) groups is 2. The summed E-state index contributed by atoms with van der Waals surface area (Å²) < 4.78 is 0. The van der Waals surface area contributed by atoms with Gasteiger partial charge in [0.1, 0.15) is 5.69 Å². The number of aromatic nitrogens is 2. The van der Waals surface area contributed by atoms with Crippen molar-refractivity contribution in [2.45, 2.75) is 26.7 Å². The molecule has 0 aliphatic carbocycles. The topological polar surface area (TPSA) is 69.6 Å². The zero-order chi connectivity index (χ0) is 17.1. The lowest BCUT2D eigenvalue weighted by Crippen LogP contribution is -2.50. The summed E-state index contributed by atoms with van der Waals surface area (Å²) in [6.07, 6.45) is 4.03. The number of hydrogen-bond acceptors (Lipinski definition) is 5. The van der Waals surface area contributed by atoms with E-state index in [1.807, 2.05) is 0 Å². The summed E-state index contributed by atoms with van der Waals surface area (Å²) in [5.41, 5.74) is 0.439. The van der Waals surface area contributed by atoms with Crippen LogP contribution in [0.1, 0.15) is 37.2 Å². The molecule has 0 spiro atoms. The molecule has 2 saturated heterocycles. The molecule has 0 bridgehead atoms. The highest BCUT2D eigenvalue weighted by Gasteiger charge is 2.25. The summed E-state index contributed by atoms with van der Waals surface area (Å²) in [4.78, 5) is 38.6. The summed E-state index contributed by atoms with van der Waals surface area (Å²) >= 11 is 0. The molecule has 0 radical (unpaired) electrons. The molecule has 1 aromatic heterocycles. The summed E-state index contributed by atoms with van der Waals surface area (Å²) in [7, 11) is 0. The molecule has 3 heterocycles. The Bertz CT molecular complexity index is 613. The van der Waals surface area contributed by atoms with Crippen molar-refractivity contribution in [3.63, 3.8) is 0 Å². The fourth-order valence-corrected chi connectivity index (χ4v) is 3.38. The Hall–Kier alpha value is -2.18. The molecular weight excluding hydrogens is 306 g/mol. The fraction of sp³-hybridized carbons (Fsp3) is 0.647. The lowest BCUT2D eigenvalue weighted by molar-refractivity contribution is -0.130. The van der Waals surface area contributed by atoms with Gasteiger partial charge in [0.15, 0.2) is 0 Å². The van der Waals surface area contributed by atoms with Crippen molar-refractivity contribution in [1.29, 1.82) is 0 Å². The van der Waals surface area contributed by atoms with Crippen LogP contribution in [0.25, 0.3) is 0 Å². The molecule has 2 amide bonds. The van der Waals surface area contributed by atoms with Crippen LogP contribution in [0.15, 0.2) is 12.3 Å². The van der Waals surface area contributed by atoms with Crippen LogP contribution in [0, 0.1) is 5.92 Å². The largest absolute Gasteiger partial charge is 0.341 e. The molecule has 2 aliphatic heterocycles. The summed E-state index contributed by atoms with van der Waals surface area (Å²) in [6, 6.07) is 1.68. The van der Waals surface area contributed by atoms with Crippen LogP contribution in [0.2, 0.25) is 0 Å². The molecule has 0 N–H and O–H groups in total. The van der Waals surface area contributed by atoms with Gasteiger partial charge in [0, 0.05) is 52.4 Å². The molecule has 130 valence electrons. The van der Waals surface area contributed by atoms with Crippen molar-refractivity contribution in [2.75, 3.05) is 44.2 Å². The number of amides is 2. The Labute approximate surface area is 142 Å². The standard InChI is InChI=1S/C17H25N5O2/c1-13-4-3-7-22(12-13)17-18-6-5-15(19-17)16(24)21-10-8-20(9-11-21)14(2)23/h5-6,13H,3-4,7-12H2,1-2H3. The number of piperidine rings is 1. The van der Waals surface area contributed by atoms with E-state index in [1.54, 1.807) is 29.0 Å². The van der Waals surface area contributed by atoms with Gasteiger partial charge in [-0.3, -0.25) is 9.59 Å². The summed E-state index contributed by atoms with van der Waals surface area (Å²) in [6.45, 7) is 7.96. The zero-order valence-corrected chi connectivity index (χ0v) is 14.4. The van der Waals surface area contributed by atoms with Crippen LogP contribution >= 0.6 is 0 Å². The fourth-order valence-electron chi connectivity index (χ4n) is 3.38. The first-order valence-electron chi connectivity index (χ1n) is 8.67. The molecule has 1 atom stereocenters. The molecule has 1 aromatic rings. The van der Waals surface area contributed by atoms with Crippen molar-refractivity contribution in [2.24, 2.45) is 5.92 Å². The highest BCUT2D eigenvalue weighted by atomic mass is 16.2. The van der Waals surface area contributed by atoms with Gasteiger partial charge in [-0.2, -0.15) is 0 Å². The van der Waals surface area contributed by atoms with E-state index in [0.29, 0.717) is 43.7 Å². The predicted octanol–water partition coefficient (Wildman–Crippen LogP) is 1.02. The number of carbonyl (C=O) groups excluding carboxylic acids is 2. The third-order valence-electron chi connectivity index (χ3n) is 4.81. The van der Waals surface area contributed by atoms with Gasteiger partial charge >= 0.3 is 0 Å². The quantitative estimate of drug-likeness (QED) is 0.809. The average molecular weight is 331 g/mol. The molecule has 7 heteroatoms.